The van der Waals surface area contributed by atoms with Crippen LogP contribution in [-0.4, -0.2) is 17.5 Å². The zero-order chi connectivity index (χ0) is 12.1. The van der Waals surface area contributed by atoms with Gasteiger partial charge in [0.15, 0.2) is 5.96 Å². The number of thiazole rings is 1. The molecule has 0 amide bonds. The average molecular weight is 240 g/mol. The Morgan fingerprint density at radius 3 is 2.75 bits per heavy atom. The normalized spacial score (nSPS) is 13.9. The van der Waals surface area contributed by atoms with Gasteiger partial charge in [0.2, 0.25) is 0 Å². The van der Waals surface area contributed by atoms with Gasteiger partial charge in [0, 0.05) is 11.4 Å². The molecular weight excluding hydrogens is 220 g/mol. The zero-order valence-corrected chi connectivity index (χ0v) is 11.2. The number of aryl methyl sites for hydroxylation is 2. The van der Waals surface area contributed by atoms with Crippen LogP contribution in [0.3, 0.4) is 0 Å². The van der Waals surface area contributed by atoms with Gasteiger partial charge in [-0.2, -0.15) is 0 Å². The summed E-state index contributed by atoms with van der Waals surface area (Å²) in [5.74, 6) is 0.514. The molecule has 4 nitrogen and oxygen atoms in total. The molecule has 1 aromatic heterocycles. The van der Waals surface area contributed by atoms with Crippen LogP contribution in [0.1, 0.15) is 41.9 Å². The molecule has 0 aliphatic heterocycles. The second-order valence-electron chi connectivity index (χ2n) is 3.82. The van der Waals surface area contributed by atoms with Crippen LogP contribution in [0.25, 0.3) is 0 Å². The lowest BCUT2D eigenvalue weighted by Crippen LogP contribution is -2.33. The van der Waals surface area contributed by atoms with E-state index in [1.54, 1.807) is 11.3 Å². The fourth-order valence-corrected chi connectivity index (χ4v) is 2.44. The fourth-order valence-electron chi connectivity index (χ4n) is 1.51. The summed E-state index contributed by atoms with van der Waals surface area (Å²) in [6, 6.07) is 0.173. The number of hydrogen-bond donors (Lipinski definition) is 2. The first-order valence-electron chi connectivity index (χ1n) is 5.55. The molecule has 0 radical (unpaired) electrons. The van der Waals surface area contributed by atoms with Crippen molar-refractivity contribution in [3.8, 4) is 0 Å². The van der Waals surface area contributed by atoms with Crippen molar-refractivity contribution in [1.29, 1.82) is 0 Å². The lowest BCUT2D eigenvalue weighted by atomic mass is 10.2. The molecule has 0 aliphatic carbocycles. The summed E-state index contributed by atoms with van der Waals surface area (Å²) in [5.41, 5.74) is 6.85. The molecule has 0 saturated carbocycles. The van der Waals surface area contributed by atoms with Crippen molar-refractivity contribution in [2.45, 2.75) is 40.2 Å². The van der Waals surface area contributed by atoms with E-state index in [1.807, 2.05) is 13.8 Å². The number of hydrogen-bond acceptors (Lipinski definition) is 3. The summed E-state index contributed by atoms with van der Waals surface area (Å²) in [7, 11) is 0. The van der Waals surface area contributed by atoms with E-state index < -0.39 is 0 Å². The van der Waals surface area contributed by atoms with Crippen molar-refractivity contribution >= 4 is 17.3 Å². The fraction of sp³-hybridized carbons (Fsp3) is 0.636. The van der Waals surface area contributed by atoms with Crippen LogP contribution in [0, 0.1) is 13.8 Å². The highest BCUT2D eigenvalue weighted by molar-refractivity contribution is 7.11. The van der Waals surface area contributed by atoms with Crippen LogP contribution >= 0.6 is 11.3 Å². The molecule has 0 spiro atoms. The van der Waals surface area contributed by atoms with Gasteiger partial charge in [-0.05, 0) is 27.2 Å². The molecule has 1 heterocycles. The monoisotopic (exact) mass is 240 g/mol. The van der Waals surface area contributed by atoms with Gasteiger partial charge in [-0.15, -0.1) is 11.3 Å². The number of aliphatic imine (C=N–C) groups is 1. The number of nitrogens with zero attached hydrogens (tertiary/aromatic N) is 2. The summed E-state index contributed by atoms with van der Waals surface area (Å²) < 4.78 is 0. The molecule has 1 aromatic rings. The number of aromatic nitrogens is 1. The van der Waals surface area contributed by atoms with Gasteiger partial charge in [-0.25, -0.2) is 4.98 Å². The van der Waals surface area contributed by atoms with Crippen LogP contribution in [0.15, 0.2) is 4.99 Å². The third kappa shape index (κ3) is 3.48. The minimum absolute atomic E-state index is 0.173. The highest BCUT2D eigenvalue weighted by atomic mass is 32.1. The van der Waals surface area contributed by atoms with Crippen molar-refractivity contribution in [2.75, 3.05) is 6.54 Å². The molecule has 0 aliphatic rings. The predicted molar refractivity (Wildman–Crippen MR) is 69.9 cm³/mol. The molecule has 1 rings (SSSR count). The Hall–Kier alpha value is -1.10. The van der Waals surface area contributed by atoms with Gasteiger partial charge in [0.05, 0.1) is 16.7 Å². The SMILES string of the molecule is CCCN=C(N)NC(C)c1sc(C)nc1C. The van der Waals surface area contributed by atoms with E-state index >= 15 is 0 Å². The van der Waals surface area contributed by atoms with Crippen molar-refractivity contribution in [2.24, 2.45) is 10.7 Å². The standard InChI is InChI=1S/C11H20N4S/c1-5-6-13-11(12)15-8(3)10-7(2)14-9(4)16-10/h8H,5-6H2,1-4H3,(H3,12,13,15). The summed E-state index contributed by atoms with van der Waals surface area (Å²) in [6.07, 6.45) is 1.01. The first-order valence-corrected chi connectivity index (χ1v) is 6.36. The Kier molecular flexibility index (Phi) is 4.73. The van der Waals surface area contributed by atoms with Gasteiger partial charge < -0.3 is 11.1 Å². The van der Waals surface area contributed by atoms with Crippen LogP contribution in [0.2, 0.25) is 0 Å². The van der Waals surface area contributed by atoms with Gasteiger partial charge >= 0.3 is 0 Å². The van der Waals surface area contributed by atoms with Crippen molar-refractivity contribution in [1.82, 2.24) is 10.3 Å². The predicted octanol–water partition coefficient (Wildman–Crippen LogP) is 2.14. The highest BCUT2D eigenvalue weighted by Gasteiger charge is 2.12. The second-order valence-corrected chi connectivity index (χ2v) is 5.05. The van der Waals surface area contributed by atoms with Gasteiger partial charge in [0.25, 0.3) is 0 Å². The third-order valence-corrected chi connectivity index (χ3v) is 3.46. The molecule has 90 valence electrons. The van der Waals surface area contributed by atoms with Crippen LogP contribution < -0.4 is 11.1 Å². The topological polar surface area (TPSA) is 63.3 Å². The van der Waals surface area contributed by atoms with Crippen molar-refractivity contribution < 1.29 is 0 Å². The van der Waals surface area contributed by atoms with E-state index in [4.69, 9.17) is 5.73 Å². The van der Waals surface area contributed by atoms with Gasteiger partial charge in [-0.3, -0.25) is 4.99 Å². The average Bonchev–Trinajstić information content (AvgIpc) is 2.54. The van der Waals surface area contributed by atoms with E-state index in [0.717, 1.165) is 23.7 Å². The number of guanidine groups is 1. The smallest absolute Gasteiger partial charge is 0.189 e. The maximum absolute atomic E-state index is 5.78. The minimum Gasteiger partial charge on any atom is -0.370 e. The van der Waals surface area contributed by atoms with E-state index in [0.29, 0.717) is 5.96 Å². The van der Waals surface area contributed by atoms with Crippen LogP contribution in [0.5, 0.6) is 0 Å². The zero-order valence-electron chi connectivity index (χ0n) is 10.4. The number of nitrogens with one attached hydrogen (secondary N) is 1. The summed E-state index contributed by atoms with van der Waals surface area (Å²) in [4.78, 5) is 9.84. The molecule has 3 N–H and O–H groups in total. The molecule has 1 unspecified atom stereocenters. The first-order chi connectivity index (χ1) is 7.54. The Labute approximate surface area is 101 Å². The first kappa shape index (κ1) is 13.0. The van der Waals surface area contributed by atoms with Gasteiger partial charge in [-0.1, -0.05) is 6.92 Å². The maximum Gasteiger partial charge on any atom is 0.189 e. The second kappa shape index (κ2) is 5.84. The molecule has 1 atom stereocenters. The molecule has 16 heavy (non-hydrogen) atoms. The largest absolute Gasteiger partial charge is 0.370 e. The highest BCUT2D eigenvalue weighted by Crippen LogP contribution is 2.23. The molecule has 0 bridgehead atoms. The van der Waals surface area contributed by atoms with Crippen molar-refractivity contribution in [3.05, 3.63) is 15.6 Å². The maximum atomic E-state index is 5.78. The van der Waals surface area contributed by atoms with Crippen LogP contribution in [-0.2, 0) is 0 Å². The Morgan fingerprint density at radius 1 is 1.56 bits per heavy atom. The molecule has 0 fully saturated rings. The summed E-state index contributed by atoms with van der Waals surface area (Å²) >= 11 is 1.70. The quantitative estimate of drug-likeness (QED) is 0.626. The lowest BCUT2D eigenvalue weighted by molar-refractivity contribution is 0.713. The minimum atomic E-state index is 0.173. The van der Waals surface area contributed by atoms with Crippen molar-refractivity contribution in [3.63, 3.8) is 0 Å². The lowest BCUT2D eigenvalue weighted by Gasteiger charge is -2.13. The van der Waals surface area contributed by atoms with Gasteiger partial charge in [0.1, 0.15) is 0 Å². The Balaban J connectivity index is 2.65. The Morgan fingerprint density at radius 2 is 2.25 bits per heavy atom. The molecule has 0 saturated heterocycles. The summed E-state index contributed by atoms with van der Waals surface area (Å²) in [5, 5.41) is 4.27. The van der Waals surface area contributed by atoms with E-state index in [9.17, 15) is 0 Å². The number of nitrogens with two attached hydrogens (primary N) is 1. The Bertz CT molecular complexity index is 370. The summed E-state index contributed by atoms with van der Waals surface area (Å²) in [6.45, 7) is 8.97. The molecule has 0 aromatic carbocycles. The van der Waals surface area contributed by atoms with E-state index in [-0.39, 0.29) is 6.04 Å². The third-order valence-electron chi connectivity index (χ3n) is 2.20. The number of rotatable bonds is 4. The van der Waals surface area contributed by atoms with Crippen LogP contribution in [0.4, 0.5) is 0 Å². The van der Waals surface area contributed by atoms with E-state index in [1.165, 1.54) is 4.88 Å². The molecular formula is C11H20N4S. The van der Waals surface area contributed by atoms with E-state index in [2.05, 4.69) is 29.1 Å². The molecule has 5 heteroatoms.